The normalized spacial score (nSPS) is 18.8. The van der Waals surface area contributed by atoms with Crippen molar-refractivity contribution in [2.24, 2.45) is 23.5 Å². The van der Waals surface area contributed by atoms with Gasteiger partial charge in [0.25, 0.3) is 0 Å². The van der Waals surface area contributed by atoms with Gasteiger partial charge in [-0.05, 0) is 43.6 Å². The predicted octanol–water partition coefficient (Wildman–Crippen LogP) is 2.73. The van der Waals surface area contributed by atoms with Crippen molar-refractivity contribution in [1.82, 2.24) is 4.90 Å². The highest BCUT2D eigenvalue weighted by Crippen LogP contribution is 2.29. The fraction of sp³-hybridized carbons (Fsp3) is 1.00. The Balaban J connectivity index is 2.38. The molecule has 0 spiro atoms. The predicted molar refractivity (Wildman–Crippen MR) is 71.4 cm³/mol. The molecule has 0 bridgehead atoms. The van der Waals surface area contributed by atoms with Gasteiger partial charge >= 0.3 is 0 Å². The summed E-state index contributed by atoms with van der Waals surface area (Å²) in [7, 11) is 0. The minimum Gasteiger partial charge on any atom is -0.330 e. The molecular weight excluding hydrogens is 196 g/mol. The smallest absolute Gasteiger partial charge is 0.00966 e. The summed E-state index contributed by atoms with van der Waals surface area (Å²) in [6, 6.07) is 0.878. The third kappa shape index (κ3) is 5.31. The van der Waals surface area contributed by atoms with Gasteiger partial charge in [-0.2, -0.15) is 0 Å². The van der Waals surface area contributed by atoms with E-state index in [4.69, 9.17) is 5.73 Å². The van der Waals surface area contributed by atoms with Crippen molar-refractivity contribution in [3.8, 4) is 0 Å². The molecule has 1 aliphatic rings. The molecular formula is C14H30N2. The summed E-state index contributed by atoms with van der Waals surface area (Å²) in [5, 5.41) is 0. The van der Waals surface area contributed by atoms with Crippen molar-refractivity contribution in [2.45, 2.75) is 53.0 Å². The maximum absolute atomic E-state index is 5.89. The lowest BCUT2D eigenvalue weighted by atomic mass is 9.96. The van der Waals surface area contributed by atoms with Crippen LogP contribution >= 0.6 is 0 Å². The van der Waals surface area contributed by atoms with Crippen LogP contribution in [0.2, 0.25) is 0 Å². The fourth-order valence-corrected chi connectivity index (χ4v) is 2.52. The second-order valence-corrected chi connectivity index (χ2v) is 6.31. The van der Waals surface area contributed by atoms with Crippen LogP contribution in [-0.4, -0.2) is 30.6 Å². The van der Waals surface area contributed by atoms with E-state index >= 15 is 0 Å². The van der Waals surface area contributed by atoms with Gasteiger partial charge in [0.15, 0.2) is 0 Å². The number of nitrogens with two attached hydrogens (primary N) is 1. The molecule has 0 aromatic carbocycles. The van der Waals surface area contributed by atoms with Gasteiger partial charge in [0.1, 0.15) is 0 Å². The van der Waals surface area contributed by atoms with E-state index in [-0.39, 0.29) is 0 Å². The van der Waals surface area contributed by atoms with E-state index < -0.39 is 0 Å². The van der Waals surface area contributed by atoms with Crippen LogP contribution in [0.1, 0.15) is 47.0 Å². The van der Waals surface area contributed by atoms with Crippen molar-refractivity contribution >= 4 is 0 Å². The molecule has 2 heteroatoms. The molecule has 16 heavy (non-hydrogen) atoms. The van der Waals surface area contributed by atoms with E-state index in [2.05, 4.69) is 32.6 Å². The van der Waals surface area contributed by atoms with E-state index in [0.717, 1.165) is 24.4 Å². The second-order valence-electron chi connectivity index (χ2n) is 6.31. The zero-order valence-corrected chi connectivity index (χ0v) is 11.6. The summed E-state index contributed by atoms with van der Waals surface area (Å²) >= 11 is 0. The highest BCUT2D eigenvalue weighted by molar-refractivity contribution is 4.86. The molecule has 0 aromatic heterocycles. The average molecular weight is 226 g/mol. The Morgan fingerprint density at radius 3 is 2.06 bits per heavy atom. The monoisotopic (exact) mass is 226 g/mol. The first-order chi connectivity index (χ1) is 7.52. The molecule has 1 saturated carbocycles. The minimum absolute atomic E-state index is 0.694. The van der Waals surface area contributed by atoms with Crippen LogP contribution in [0.4, 0.5) is 0 Å². The largest absolute Gasteiger partial charge is 0.330 e. The van der Waals surface area contributed by atoms with Gasteiger partial charge in [0, 0.05) is 19.1 Å². The summed E-state index contributed by atoms with van der Waals surface area (Å²) < 4.78 is 0. The fourth-order valence-electron chi connectivity index (χ4n) is 2.52. The van der Waals surface area contributed by atoms with Crippen LogP contribution in [0.5, 0.6) is 0 Å². The Kier molecular flexibility index (Phi) is 5.77. The molecule has 1 aliphatic carbocycles. The lowest BCUT2D eigenvalue weighted by Gasteiger charge is -2.29. The van der Waals surface area contributed by atoms with Gasteiger partial charge in [-0.3, -0.25) is 4.90 Å². The molecule has 0 aromatic rings. The molecule has 1 unspecified atom stereocenters. The van der Waals surface area contributed by atoms with Crippen LogP contribution in [0.25, 0.3) is 0 Å². The molecule has 1 atom stereocenters. The molecule has 1 rings (SSSR count). The zero-order valence-electron chi connectivity index (χ0n) is 11.6. The van der Waals surface area contributed by atoms with Crippen molar-refractivity contribution in [3.05, 3.63) is 0 Å². The number of hydrogen-bond acceptors (Lipinski definition) is 2. The maximum atomic E-state index is 5.89. The van der Waals surface area contributed by atoms with E-state index in [9.17, 15) is 0 Å². The van der Waals surface area contributed by atoms with Gasteiger partial charge in [-0.1, -0.05) is 27.7 Å². The molecule has 1 fully saturated rings. The first kappa shape index (κ1) is 14.0. The van der Waals surface area contributed by atoms with E-state index in [1.54, 1.807) is 0 Å². The molecule has 96 valence electrons. The Morgan fingerprint density at radius 2 is 1.69 bits per heavy atom. The lowest BCUT2D eigenvalue weighted by molar-refractivity contribution is 0.189. The zero-order chi connectivity index (χ0) is 12.1. The summed E-state index contributed by atoms with van der Waals surface area (Å²) in [4.78, 5) is 2.69. The van der Waals surface area contributed by atoms with Crippen molar-refractivity contribution in [2.75, 3.05) is 19.6 Å². The van der Waals surface area contributed by atoms with Crippen LogP contribution in [0.15, 0.2) is 0 Å². The molecule has 0 saturated heterocycles. The average Bonchev–Trinajstić information content (AvgIpc) is 2.97. The quantitative estimate of drug-likeness (QED) is 0.689. The summed E-state index contributed by atoms with van der Waals surface area (Å²) in [6.07, 6.45) is 4.09. The van der Waals surface area contributed by atoms with Crippen LogP contribution in [-0.2, 0) is 0 Å². The molecule has 0 aliphatic heterocycles. The maximum Gasteiger partial charge on any atom is 0.00966 e. The van der Waals surface area contributed by atoms with Gasteiger partial charge in [-0.25, -0.2) is 0 Å². The number of rotatable bonds is 8. The standard InChI is InChI=1S/C14H30N2/c1-11(2)7-13(8-15)10-16(9-12(3)4)14-5-6-14/h11-14H,5-10,15H2,1-4H3. The highest BCUT2D eigenvalue weighted by Gasteiger charge is 2.30. The Bertz CT molecular complexity index is 185. The van der Waals surface area contributed by atoms with Crippen molar-refractivity contribution < 1.29 is 0 Å². The number of hydrogen-bond donors (Lipinski definition) is 1. The summed E-state index contributed by atoms with van der Waals surface area (Å²) in [5.41, 5.74) is 5.89. The Hall–Kier alpha value is -0.0800. The summed E-state index contributed by atoms with van der Waals surface area (Å²) in [5.74, 6) is 2.24. The minimum atomic E-state index is 0.694. The van der Waals surface area contributed by atoms with Crippen molar-refractivity contribution in [3.63, 3.8) is 0 Å². The molecule has 2 N–H and O–H groups in total. The topological polar surface area (TPSA) is 29.3 Å². The first-order valence-electron chi connectivity index (χ1n) is 6.97. The second kappa shape index (κ2) is 6.61. The molecule has 0 heterocycles. The van der Waals surface area contributed by atoms with Crippen molar-refractivity contribution in [1.29, 1.82) is 0 Å². The van der Waals surface area contributed by atoms with Crippen LogP contribution < -0.4 is 5.73 Å². The molecule has 2 nitrogen and oxygen atoms in total. The first-order valence-corrected chi connectivity index (χ1v) is 6.97. The number of nitrogens with zero attached hydrogens (tertiary/aromatic N) is 1. The Labute approximate surface area is 102 Å². The van der Waals surface area contributed by atoms with E-state index in [1.807, 2.05) is 0 Å². The van der Waals surface area contributed by atoms with Crippen LogP contribution in [0.3, 0.4) is 0 Å². The van der Waals surface area contributed by atoms with Crippen LogP contribution in [0, 0.1) is 17.8 Å². The van der Waals surface area contributed by atoms with E-state index in [1.165, 1.54) is 32.4 Å². The summed E-state index contributed by atoms with van der Waals surface area (Å²) in [6.45, 7) is 12.5. The highest BCUT2D eigenvalue weighted by atomic mass is 15.2. The SMILES string of the molecule is CC(C)CC(CN)CN(CC(C)C)C1CC1. The lowest BCUT2D eigenvalue weighted by Crippen LogP contribution is -2.37. The van der Waals surface area contributed by atoms with Gasteiger partial charge in [0.2, 0.25) is 0 Å². The Morgan fingerprint density at radius 1 is 1.06 bits per heavy atom. The van der Waals surface area contributed by atoms with Gasteiger partial charge in [0.05, 0.1) is 0 Å². The van der Waals surface area contributed by atoms with Gasteiger partial charge in [-0.15, -0.1) is 0 Å². The third-order valence-electron chi connectivity index (χ3n) is 3.29. The van der Waals surface area contributed by atoms with E-state index in [0.29, 0.717) is 5.92 Å². The third-order valence-corrected chi connectivity index (χ3v) is 3.29. The van der Waals surface area contributed by atoms with Gasteiger partial charge < -0.3 is 5.73 Å². The molecule has 0 amide bonds. The molecule has 0 radical (unpaired) electrons.